The van der Waals surface area contributed by atoms with Crippen LogP contribution in [0.25, 0.3) is 0 Å². The third kappa shape index (κ3) is 7.44. The second kappa shape index (κ2) is 12.3. The molecule has 8 nitrogen and oxygen atoms in total. The molecule has 4 rings (SSSR count). The second-order valence-corrected chi connectivity index (χ2v) is 11.7. The Kier molecular flexibility index (Phi) is 9.05. The van der Waals surface area contributed by atoms with Crippen molar-refractivity contribution in [1.29, 1.82) is 0 Å². The van der Waals surface area contributed by atoms with E-state index in [1.807, 2.05) is 74.2 Å². The molecule has 0 saturated carbocycles. The van der Waals surface area contributed by atoms with Gasteiger partial charge in [-0.2, -0.15) is 0 Å². The minimum absolute atomic E-state index is 0.209. The van der Waals surface area contributed by atoms with E-state index in [0.29, 0.717) is 12.5 Å². The molecule has 1 spiro atoms. The molecule has 1 atom stereocenters. The highest BCUT2D eigenvalue weighted by atomic mass is 16.6. The molecule has 2 aliphatic heterocycles. The van der Waals surface area contributed by atoms with E-state index < -0.39 is 11.7 Å². The molecule has 1 unspecified atom stereocenters. The van der Waals surface area contributed by atoms with E-state index in [4.69, 9.17) is 14.2 Å². The highest BCUT2D eigenvalue weighted by Gasteiger charge is 2.47. The monoisotopic (exact) mass is 537 g/mol. The summed E-state index contributed by atoms with van der Waals surface area (Å²) in [5.74, 6) is 1.87. The van der Waals surface area contributed by atoms with Gasteiger partial charge in [0.1, 0.15) is 17.1 Å². The van der Waals surface area contributed by atoms with Crippen LogP contribution < -0.4 is 14.8 Å². The number of amides is 2. The van der Waals surface area contributed by atoms with Crippen LogP contribution in [-0.2, 0) is 16.1 Å². The van der Waals surface area contributed by atoms with Gasteiger partial charge in [0.2, 0.25) is 5.91 Å². The largest absolute Gasteiger partial charge is 0.497 e. The molecule has 212 valence electrons. The first-order valence-electron chi connectivity index (χ1n) is 13.9. The molecule has 1 N–H and O–H groups in total. The molecule has 2 saturated heterocycles. The van der Waals surface area contributed by atoms with Crippen LogP contribution in [-0.4, -0.2) is 67.8 Å². The maximum absolute atomic E-state index is 13.5. The molecule has 2 amide bonds. The van der Waals surface area contributed by atoms with Crippen molar-refractivity contribution < 1.29 is 23.8 Å². The summed E-state index contributed by atoms with van der Waals surface area (Å²) in [7, 11) is 3.30. The summed E-state index contributed by atoms with van der Waals surface area (Å²) in [6.45, 7) is 9.60. The number of nitrogens with zero attached hydrogens (tertiary/aromatic N) is 2. The molecule has 0 aliphatic carbocycles. The number of methoxy groups -OCH3 is 2. The Morgan fingerprint density at radius 3 is 2.28 bits per heavy atom. The maximum atomic E-state index is 13.5. The molecule has 39 heavy (non-hydrogen) atoms. The third-order valence-corrected chi connectivity index (χ3v) is 7.87. The third-order valence-electron chi connectivity index (χ3n) is 7.87. The van der Waals surface area contributed by atoms with E-state index in [1.165, 1.54) is 0 Å². The van der Waals surface area contributed by atoms with Crippen LogP contribution in [0.15, 0.2) is 48.5 Å². The summed E-state index contributed by atoms with van der Waals surface area (Å²) in [4.78, 5) is 30.5. The van der Waals surface area contributed by atoms with Gasteiger partial charge in [-0.15, -0.1) is 0 Å². The van der Waals surface area contributed by atoms with E-state index in [-0.39, 0.29) is 11.5 Å². The molecule has 2 fully saturated rings. The maximum Gasteiger partial charge on any atom is 0.408 e. The molecule has 2 aromatic carbocycles. The normalized spacial score (nSPS) is 18.2. The fourth-order valence-corrected chi connectivity index (χ4v) is 5.61. The lowest BCUT2D eigenvalue weighted by Crippen LogP contribution is -2.45. The van der Waals surface area contributed by atoms with Crippen molar-refractivity contribution in [3.05, 3.63) is 59.7 Å². The second-order valence-electron chi connectivity index (χ2n) is 11.7. The predicted molar refractivity (Wildman–Crippen MR) is 151 cm³/mol. The summed E-state index contributed by atoms with van der Waals surface area (Å²) in [5.41, 5.74) is 1.29. The van der Waals surface area contributed by atoms with Crippen LogP contribution in [0.2, 0.25) is 0 Å². The van der Waals surface area contributed by atoms with Gasteiger partial charge in [-0.3, -0.25) is 4.79 Å². The Morgan fingerprint density at radius 1 is 0.974 bits per heavy atom. The van der Waals surface area contributed by atoms with Crippen molar-refractivity contribution in [2.24, 2.45) is 5.41 Å². The Bertz CT molecular complexity index is 1120. The van der Waals surface area contributed by atoms with Crippen molar-refractivity contribution in [3.8, 4) is 11.5 Å². The van der Waals surface area contributed by atoms with Gasteiger partial charge >= 0.3 is 6.09 Å². The lowest BCUT2D eigenvalue weighted by Gasteiger charge is -2.38. The number of benzene rings is 2. The molecule has 2 heterocycles. The number of alkyl carbamates (subject to hydrolysis) is 1. The predicted octanol–water partition coefficient (Wildman–Crippen LogP) is 5.17. The van der Waals surface area contributed by atoms with Gasteiger partial charge in [-0.25, -0.2) is 4.79 Å². The number of nitrogens with one attached hydrogen (secondary N) is 1. The number of ether oxygens (including phenoxy) is 3. The lowest BCUT2D eigenvalue weighted by molar-refractivity contribution is -0.138. The first-order chi connectivity index (χ1) is 18.6. The first-order valence-corrected chi connectivity index (χ1v) is 13.9. The van der Waals surface area contributed by atoms with Crippen molar-refractivity contribution >= 4 is 12.0 Å². The minimum atomic E-state index is -0.570. The first kappa shape index (κ1) is 28.7. The van der Waals surface area contributed by atoms with Gasteiger partial charge in [-0.1, -0.05) is 24.3 Å². The number of hydrogen-bond acceptors (Lipinski definition) is 6. The summed E-state index contributed by atoms with van der Waals surface area (Å²) in [6, 6.07) is 15.5. The number of carbonyl (C=O) groups excluding carboxylic acids is 2. The van der Waals surface area contributed by atoms with Gasteiger partial charge in [0.15, 0.2) is 0 Å². The summed E-state index contributed by atoms with van der Waals surface area (Å²) < 4.78 is 16.2. The Hall–Kier alpha value is -3.26. The van der Waals surface area contributed by atoms with Crippen molar-refractivity contribution in [1.82, 2.24) is 15.1 Å². The number of likely N-dealkylation sites (tertiary alicyclic amines) is 2. The molecule has 0 radical (unpaired) electrons. The standard InChI is InChI=1S/C31H43N3O5/c1-30(2,3)39-29(36)32-27(24-7-6-8-26(21-24)38-5)13-17-33-18-14-31(15-19-33)16-20-34(28(31)35)22-23-9-11-25(37-4)12-10-23/h6-12,21,27H,13-20,22H2,1-5H3,(H,32,36). The van der Waals surface area contributed by atoms with Crippen LogP contribution in [0.1, 0.15) is 63.6 Å². The van der Waals surface area contributed by atoms with Crippen LogP contribution >= 0.6 is 0 Å². The molecule has 0 aromatic heterocycles. The van der Waals surface area contributed by atoms with Crippen LogP contribution in [0.5, 0.6) is 11.5 Å². The zero-order chi connectivity index (χ0) is 28.0. The average molecular weight is 538 g/mol. The van der Waals surface area contributed by atoms with Crippen LogP contribution in [0.3, 0.4) is 0 Å². The minimum Gasteiger partial charge on any atom is -0.497 e. The molecule has 2 aromatic rings. The Morgan fingerprint density at radius 2 is 1.64 bits per heavy atom. The molecule has 8 heteroatoms. The van der Waals surface area contributed by atoms with Crippen molar-refractivity contribution in [3.63, 3.8) is 0 Å². The van der Waals surface area contributed by atoms with Gasteiger partial charge < -0.3 is 29.3 Å². The van der Waals surface area contributed by atoms with Gasteiger partial charge in [-0.05, 0) is 94.9 Å². The summed E-state index contributed by atoms with van der Waals surface area (Å²) in [6.07, 6.45) is 2.96. The number of carbonyl (C=O) groups is 2. The zero-order valence-corrected chi connectivity index (χ0v) is 24.0. The molecular formula is C31H43N3O5. The molecule has 2 aliphatic rings. The van der Waals surface area contributed by atoms with E-state index in [1.54, 1.807) is 14.2 Å². The number of hydrogen-bond donors (Lipinski definition) is 1. The zero-order valence-electron chi connectivity index (χ0n) is 24.0. The van der Waals surface area contributed by atoms with Gasteiger partial charge in [0, 0.05) is 19.6 Å². The van der Waals surface area contributed by atoms with Crippen molar-refractivity contribution in [2.75, 3.05) is 40.4 Å². The van der Waals surface area contributed by atoms with E-state index in [9.17, 15) is 9.59 Å². The summed E-state index contributed by atoms with van der Waals surface area (Å²) >= 11 is 0. The fraction of sp³-hybridized carbons (Fsp3) is 0.548. The quantitative estimate of drug-likeness (QED) is 0.475. The Balaban J connectivity index is 1.33. The van der Waals surface area contributed by atoms with Crippen LogP contribution in [0.4, 0.5) is 4.79 Å². The highest BCUT2D eigenvalue weighted by molar-refractivity contribution is 5.85. The van der Waals surface area contributed by atoms with E-state index in [0.717, 1.165) is 74.5 Å². The van der Waals surface area contributed by atoms with Gasteiger partial charge in [0.05, 0.1) is 25.7 Å². The fourth-order valence-electron chi connectivity index (χ4n) is 5.61. The number of rotatable bonds is 9. The van der Waals surface area contributed by atoms with Crippen LogP contribution in [0, 0.1) is 5.41 Å². The SMILES string of the molecule is COc1ccc(CN2CCC3(CCN(CCC(NC(=O)OC(C)(C)C)c4cccc(OC)c4)CC3)C2=O)cc1. The van der Waals surface area contributed by atoms with Crippen molar-refractivity contribution in [2.45, 2.75) is 64.6 Å². The van der Waals surface area contributed by atoms with E-state index in [2.05, 4.69) is 10.2 Å². The number of piperidine rings is 1. The topological polar surface area (TPSA) is 80.3 Å². The molecular weight excluding hydrogens is 494 g/mol. The Labute approximate surface area is 232 Å². The summed E-state index contributed by atoms with van der Waals surface area (Å²) in [5, 5.41) is 3.06. The smallest absolute Gasteiger partial charge is 0.408 e. The average Bonchev–Trinajstić information content (AvgIpc) is 3.21. The lowest BCUT2D eigenvalue weighted by atomic mass is 9.77. The highest BCUT2D eigenvalue weighted by Crippen LogP contribution is 2.42. The molecule has 0 bridgehead atoms. The van der Waals surface area contributed by atoms with Gasteiger partial charge in [0.25, 0.3) is 0 Å². The van der Waals surface area contributed by atoms with E-state index >= 15 is 0 Å².